The van der Waals surface area contributed by atoms with Crippen LogP contribution < -0.4 is 10.9 Å². The lowest BCUT2D eigenvalue weighted by atomic mass is 10.1. The molecule has 1 aromatic carbocycles. The minimum absolute atomic E-state index is 0.0551. The van der Waals surface area contributed by atoms with Gasteiger partial charge in [0.1, 0.15) is 17.2 Å². The minimum atomic E-state index is -0.221. The Labute approximate surface area is 181 Å². The van der Waals surface area contributed by atoms with Crippen LogP contribution >= 0.6 is 11.3 Å². The number of thiophene rings is 1. The van der Waals surface area contributed by atoms with Gasteiger partial charge in [0.2, 0.25) is 5.91 Å². The summed E-state index contributed by atoms with van der Waals surface area (Å²) in [4.78, 5) is 35.2. The first kappa shape index (κ1) is 22.2. The molecule has 0 saturated heterocycles. The summed E-state index contributed by atoms with van der Waals surface area (Å²) in [6, 6.07) is 5.89. The van der Waals surface area contributed by atoms with E-state index in [9.17, 15) is 9.59 Å². The van der Waals surface area contributed by atoms with Crippen molar-refractivity contribution in [3.8, 4) is 0 Å². The molecule has 0 aliphatic rings. The fraction of sp³-hybridized carbons (Fsp3) is 0.435. The molecule has 3 rings (SSSR count). The predicted octanol–water partition coefficient (Wildman–Crippen LogP) is 4.17. The zero-order chi connectivity index (χ0) is 22.0. The zero-order valence-corrected chi connectivity index (χ0v) is 19.4. The van der Waals surface area contributed by atoms with E-state index in [-0.39, 0.29) is 18.0 Å². The number of nitrogens with zero attached hydrogens (tertiary/aromatic N) is 3. The average molecular weight is 427 g/mol. The van der Waals surface area contributed by atoms with E-state index in [0.717, 1.165) is 45.2 Å². The average Bonchev–Trinajstić information content (AvgIpc) is 2.99. The molecule has 7 heteroatoms. The molecule has 0 atom stereocenters. The molecule has 2 heterocycles. The van der Waals surface area contributed by atoms with Crippen LogP contribution in [0, 0.1) is 27.7 Å². The van der Waals surface area contributed by atoms with Crippen LogP contribution in [0.15, 0.2) is 23.0 Å². The van der Waals surface area contributed by atoms with Crippen LogP contribution in [0.3, 0.4) is 0 Å². The smallest absolute Gasteiger partial charge is 0.263 e. The summed E-state index contributed by atoms with van der Waals surface area (Å²) >= 11 is 1.54. The standard InChI is InChI=1S/C23H30N4O2S/c1-7-26(8-2)12-18-24-22-20(16(5)17(6)30-22)23(29)27(18)13-19(28)25-21-14(3)10-9-11-15(21)4/h9-11H,7-8,12-13H2,1-6H3,(H,25,28). The van der Waals surface area contributed by atoms with Gasteiger partial charge in [0.15, 0.2) is 0 Å². The van der Waals surface area contributed by atoms with Gasteiger partial charge in [0, 0.05) is 10.6 Å². The maximum Gasteiger partial charge on any atom is 0.263 e. The second-order valence-corrected chi connectivity index (χ2v) is 8.86. The maximum absolute atomic E-state index is 13.4. The molecule has 0 fully saturated rings. The molecular formula is C23H30N4O2S. The van der Waals surface area contributed by atoms with Crippen LogP contribution in [0.5, 0.6) is 0 Å². The number of carbonyl (C=O) groups is 1. The molecular weight excluding hydrogens is 396 g/mol. The van der Waals surface area contributed by atoms with Gasteiger partial charge in [-0.05, 0) is 57.5 Å². The SMILES string of the molecule is CCN(CC)Cc1nc2sc(C)c(C)c2c(=O)n1CC(=O)Nc1c(C)cccc1C. The van der Waals surface area contributed by atoms with Crippen LogP contribution in [0.2, 0.25) is 0 Å². The molecule has 0 bridgehead atoms. The number of anilines is 1. The van der Waals surface area contributed by atoms with Gasteiger partial charge in [-0.15, -0.1) is 11.3 Å². The third-order valence-corrected chi connectivity index (χ3v) is 6.78. The first-order valence-electron chi connectivity index (χ1n) is 10.3. The quantitative estimate of drug-likeness (QED) is 0.616. The molecule has 3 aromatic rings. The summed E-state index contributed by atoms with van der Waals surface area (Å²) < 4.78 is 1.54. The Balaban J connectivity index is 2.03. The Morgan fingerprint density at radius 2 is 1.77 bits per heavy atom. The second kappa shape index (κ2) is 9.10. The van der Waals surface area contributed by atoms with Gasteiger partial charge < -0.3 is 5.32 Å². The highest BCUT2D eigenvalue weighted by atomic mass is 32.1. The lowest BCUT2D eigenvalue weighted by molar-refractivity contribution is -0.116. The van der Waals surface area contributed by atoms with Crippen molar-refractivity contribution in [1.82, 2.24) is 14.5 Å². The van der Waals surface area contributed by atoms with Crippen molar-refractivity contribution in [3.63, 3.8) is 0 Å². The molecule has 0 aliphatic heterocycles. The largest absolute Gasteiger partial charge is 0.324 e. The van der Waals surface area contributed by atoms with E-state index in [2.05, 4.69) is 24.1 Å². The fourth-order valence-corrected chi connectivity index (χ4v) is 4.67. The van der Waals surface area contributed by atoms with Crippen molar-refractivity contribution in [1.29, 1.82) is 0 Å². The summed E-state index contributed by atoms with van der Waals surface area (Å²) in [6.07, 6.45) is 0. The van der Waals surface area contributed by atoms with E-state index in [1.54, 1.807) is 4.57 Å². The van der Waals surface area contributed by atoms with E-state index >= 15 is 0 Å². The van der Waals surface area contributed by atoms with E-state index < -0.39 is 0 Å². The molecule has 1 N–H and O–H groups in total. The molecule has 0 saturated carbocycles. The summed E-state index contributed by atoms with van der Waals surface area (Å²) in [5.41, 5.74) is 3.61. The lowest BCUT2D eigenvalue weighted by Gasteiger charge is -2.20. The van der Waals surface area contributed by atoms with Crippen molar-refractivity contribution < 1.29 is 4.79 Å². The zero-order valence-electron chi connectivity index (χ0n) is 18.6. The molecule has 1 amide bonds. The summed E-state index contributed by atoms with van der Waals surface area (Å²) in [6.45, 7) is 14.2. The number of amides is 1. The minimum Gasteiger partial charge on any atom is -0.324 e. The fourth-order valence-electron chi connectivity index (χ4n) is 3.63. The number of hydrogen-bond acceptors (Lipinski definition) is 5. The van der Waals surface area contributed by atoms with Gasteiger partial charge >= 0.3 is 0 Å². The maximum atomic E-state index is 13.4. The van der Waals surface area contributed by atoms with Crippen molar-refractivity contribution in [2.75, 3.05) is 18.4 Å². The van der Waals surface area contributed by atoms with Gasteiger partial charge in [-0.25, -0.2) is 4.98 Å². The van der Waals surface area contributed by atoms with E-state index in [4.69, 9.17) is 4.98 Å². The molecule has 0 radical (unpaired) electrons. The van der Waals surface area contributed by atoms with Gasteiger partial charge in [-0.3, -0.25) is 19.1 Å². The first-order chi connectivity index (χ1) is 14.3. The van der Waals surface area contributed by atoms with Crippen LogP contribution in [-0.2, 0) is 17.9 Å². The Morgan fingerprint density at radius 3 is 2.37 bits per heavy atom. The highest BCUT2D eigenvalue weighted by Gasteiger charge is 2.20. The monoisotopic (exact) mass is 426 g/mol. The first-order valence-corrected chi connectivity index (χ1v) is 11.2. The molecule has 6 nitrogen and oxygen atoms in total. The number of benzene rings is 1. The molecule has 0 unspecified atom stereocenters. The van der Waals surface area contributed by atoms with Gasteiger partial charge in [-0.2, -0.15) is 0 Å². The van der Waals surface area contributed by atoms with Crippen molar-refractivity contribution >= 4 is 33.1 Å². The van der Waals surface area contributed by atoms with Crippen LogP contribution in [0.1, 0.15) is 41.2 Å². The van der Waals surface area contributed by atoms with E-state index in [1.807, 2.05) is 45.9 Å². The molecule has 160 valence electrons. The lowest BCUT2D eigenvalue weighted by Crippen LogP contribution is -2.34. The van der Waals surface area contributed by atoms with E-state index in [0.29, 0.717) is 17.8 Å². The summed E-state index contributed by atoms with van der Waals surface area (Å²) in [5.74, 6) is 0.412. The number of aryl methyl sites for hydroxylation is 4. The summed E-state index contributed by atoms with van der Waals surface area (Å²) in [5, 5.41) is 3.62. The number of rotatable bonds is 7. The predicted molar refractivity (Wildman–Crippen MR) is 125 cm³/mol. The van der Waals surface area contributed by atoms with Crippen molar-refractivity contribution in [2.45, 2.75) is 54.6 Å². The van der Waals surface area contributed by atoms with Crippen LogP contribution in [-0.4, -0.2) is 33.4 Å². The van der Waals surface area contributed by atoms with Gasteiger partial charge in [0.05, 0.1) is 11.9 Å². The topological polar surface area (TPSA) is 67.2 Å². The number of carbonyl (C=O) groups excluding carboxylic acids is 1. The Bertz CT molecular complexity index is 1120. The van der Waals surface area contributed by atoms with Gasteiger partial charge in [0.25, 0.3) is 5.56 Å². The number of aromatic nitrogens is 2. The number of hydrogen-bond donors (Lipinski definition) is 1. The second-order valence-electron chi connectivity index (χ2n) is 7.66. The Morgan fingerprint density at radius 1 is 1.13 bits per heavy atom. The summed E-state index contributed by atoms with van der Waals surface area (Å²) in [7, 11) is 0. The highest BCUT2D eigenvalue weighted by molar-refractivity contribution is 7.18. The highest BCUT2D eigenvalue weighted by Crippen LogP contribution is 2.26. The number of para-hydroxylation sites is 1. The Kier molecular flexibility index (Phi) is 6.73. The molecule has 2 aromatic heterocycles. The van der Waals surface area contributed by atoms with Crippen LogP contribution in [0.4, 0.5) is 5.69 Å². The molecule has 0 spiro atoms. The Hall–Kier alpha value is -2.51. The third-order valence-electron chi connectivity index (χ3n) is 5.67. The number of fused-ring (bicyclic) bond motifs is 1. The van der Waals surface area contributed by atoms with Gasteiger partial charge in [-0.1, -0.05) is 32.0 Å². The normalized spacial score (nSPS) is 11.4. The van der Waals surface area contributed by atoms with Crippen molar-refractivity contribution in [3.05, 3.63) is 55.9 Å². The third kappa shape index (κ3) is 4.32. The van der Waals surface area contributed by atoms with Crippen LogP contribution in [0.25, 0.3) is 10.2 Å². The molecule has 30 heavy (non-hydrogen) atoms. The van der Waals surface area contributed by atoms with Crippen molar-refractivity contribution in [2.24, 2.45) is 0 Å². The molecule has 0 aliphatic carbocycles. The number of nitrogens with one attached hydrogen (secondary N) is 1. The van der Waals surface area contributed by atoms with E-state index in [1.165, 1.54) is 11.3 Å².